The van der Waals surface area contributed by atoms with Crippen LogP contribution < -0.4 is 15.5 Å². The lowest BCUT2D eigenvalue weighted by atomic mass is 10.1. The number of aryl methyl sites for hydroxylation is 2. The van der Waals surface area contributed by atoms with Crippen molar-refractivity contribution in [1.29, 1.82) is 0 Å². The quantitative estimate of drug-likeness (QED) is 0.612. The Morgan fingerprint density at radius 2 is 1.54 bits per heavy atom. The molecule has 28 heavy (non-hydrogen) atoms. The standard InChI is InChI=1S/C23H27N5/c1-17-7-6-8-18(2)22(17)27-23-24-14-13-21(26-23)25-19-9-11-20(12-10-19)28-15-4-3-5-16-28/h6-14H,3-5,15-16H2,1-2H3,(H2,24,25,26,27). The first-order chi connectivity index (χ1) is 13.7. The van der Waals surface area contributed by atoms with Gasteiger partial charge in [-0.25, -0.2) is 4.98 Å². The van der Waals surface area contributed by atoms with E-state index in [2.05, 4.69) is 81.8 Å². The number of hydrogen-bond donors (Lipinski definition) is 2. The number of para-hydroxylation sites is 1. The largest absolute Gasteiger partial charge is 0.372 e. The molecule has 1 aliphatic heterocycles. The van der Waals surface area contributed by atoms with Gasteiger partial charge in [0.15, 0.2) is 0 Å². The number of aromatic nitrogens is 2. The monoisotopic (exact) mass is 373 g/mol. The Bertz CT molecular complexity index is 910. The lowest BCUT2D eigenvalue weighted by molar-refractivity contribution is 0.578. The summed E-state index contributed by atoms with van der Waals surface area (Å²) < 4.78 is 0. The molecule has 1 aliphatic rings. The fourth-order valence-electron chi connectivity index (χ4n) is 3.67. The van der Waals surface area contributed by atoms with Gasteiger partial charge >= 0.3 is 0 Å². The molecule has 1 fully saturated rings. The topological polar surface area (TPSA) is 53.1 Å². The van der Waals surface area contributed by atoms with Gasteiger partial charge in [-0.15, -0.1) is 0 Å². The van der Waals surface area contributed by atoms with Crippen LogP contribution in [-0.2, 0) is 0 Å². The van der Waals surface area contributed by atoms with E-state index < -0.39 is 0 Å². The minimum absolute atomic E-state index is 0.590. The van der Waals surface area contributed by atoms with Crippen molar-refractivity contribution in [2.24, 2.45) is 0 Å². The van der Waals surface area contributed by atoms with E-state index in [-0.39, 0.29) is 0 Å². The number of nitrogens with one attached hydrogen (secondary N) is 2. The molecule has 5 heteroatoms. The molecule has 1 aromatic heterocycles. The van der Waals surface area contributed by atoms with Crippen LogP contribution in [0.15, 0.2) is 54.7 Å². The average molecular weight is 374 g/mol. The SMILES string of the molecule is Cc1cccc(C)c1Nc1nccc(Nc2ccc(N3CCCCC3)cc2)n1. The van der Waals surface area contributed by atoms with Crippen LogP contribution in [-0.4, -0.2) is 23.1 Å². The molecule has 0 unspecified atom stereocenters. The Morgan fingerprint density at radius 1 is 0.821 bits per heavy atom. The molecular weight excluding hydrogens is 346 g/mol. The molecule has 0 spiro atoms. The molecule has 0 radical (unpaired) electrons. The fraction of sp³-hybridized carbons (Fsp3) is 0.304. The zero-order valence-electron chi connectivity index (χ0n) is 16.6. The Labute approximate surface area is 166 Å². The summed E-state index contributed by atoms with van der Waals surface area (Å²) in [6.45, 7) is 6.49. The second kappa shape index (κ2) is 8.30. The minimum Gasteiger partial charge on any atom is -0.372 e. The van der Waals surface area contributed by atoms with Crippen molar-refractivity contribution in [2.45, 2.75) is 33.1 Å². The van der Waals surface area contributed by atoms with E-state index in [1.807, 2.05) is 6.07 Å². The van der Waals surface area contributed by atoms with Crippen molar-refractivity contribution in [1.82, 2.24) is 9.97 Å². The smallest absolute Gasteiger partial charge is 0.229 e. The summed E-state index contributed by atoms with van der Waals surface area (Å²) in [5.41, 5.74) is 5.74. The summed E-state index contributed by atoms with van der Waals surface area (Å²) in [4.78, 5) is 11.4. The van der Waals surface area contributed by atoms with Crippen LogP contribution in [0.2, 0.25) is 0 Å². The molecule has 144 valence electrons. The Kier molecular flexibility index (Phi) is 5.42. The van der Waals surface area contributed by atoms with Crippen LogP contribution in [0.25, 0.3) is 0 Å². The van der Waals surface area contributed by atoms with Crippen LogP contribution >= 0.6 is 0 Å². The third-order valence-corrected chi connectivity index (χ3v) is 5.23. The van der Waals surface area contributed by atoms with Gasteiger partial charge in [-0.3, -0.25) is 0 Å². The van der Waals surface area contributed by atoms with E-state index in [9.17, 15) is 0 Å². The molecule has 0 saturated carbocycles. The Hall–Kier alpha value is -3.08. The van der Waals surface area contributed by atoms with Gasteiger partial charge in [-0.2, -0.15) is 4.98 Å². The second-order valence-corrected chi connectivity index (χ2v) is 7.38. The van der Waals surface area contributed by atoms with Gasteiger partial charge < -0.3 is 15.5 Å². The Balaban J connectivity index is 1.46. The summed E-state index contributed by atoms with van der Waals surface area (Å²) in [5, 5.41) is 6.73. The number of anilines is 5. The van der Waals surface area contributed by atoms with Crippen LogP contribution in [0.1, 0.15) is 30.4 Å². The Morgan fingerprint density at radius 3 is 2.25 bits per heavy atom. The summed E-state index contributed by atoms with van der Waals surface area (Å²) in [7, 11) is 0. The summed E-state index contributed by atoms with van der Waals surface area (Å²) >= 11 is 0. The molecule has 2 heterocycles. The van der Waals surface area contributed by atoms with Crippen LogP contribution in [0.5, 0.6) is 0 Å². The molecule has 1 saturated heterocycles. The first-order valence-corrected chi connectivity index (χ1v) is 9.97. The highest BCUT2D eigenvalue weighted by atomic mass is 15.1. The third kappa shape index (κ3) is 4.25. The first-order valence-electron chi connectivity index (χ1n) is 9.97. The summed E-state index contributed by atoms with van der Waals surface area (Å²) in [6.07, 6.45) is 5.70. The van der Waals surface area contributed by atoms with Gasteiger partial charge in [0.05, 0.1) is 0 Å². The van der Waals surface area contributed by atoms with Crippen LogP contribution in [0, 0.1) is 13.8 Å². The van der Waals surface area contributed by atoms with Crippen LogP contribution in [0.3, 0.4) is 0 Å². The number of nitrogens with zero attached hydrogens (tertiary/aromatic N) is 3. The molecule has 0 aliphatic carbocycles. The van der Waals surface area contributed by atoms with Gasteiger partial charge in [-0.1, -0.05) is 18.2 Å². The predicted molar refractivity (Wildman–Crippen MR) is 117 cm³/mol. The summed E-state index contributed by atoms with van der Waals surface area (Å²) in [6, 6.07) is 16.7. The normalized spacial score (nSPS) is 14.0. The highest BCUT2D eigenvalue weighted by Crippen LogP contribution is 2.25. The molecule has 3 aromatic rings. The first kappa shape index (κ1) is 18.3. The van der Waals surface area contributed by atoms with E-state index in [0.717, 1.165) is 30.3 Å². The molecule has 4 rings (SSSR count). The molecule has 5 nitrogen and oxygen atoms in total. The van der Waals surface area contributed by atoms with Gasteiger partial charge in [0.2, 0.25) is 5.95 Å². The van der Waals surface area contributed by atoms with E-state index in [1.165, 1.54) is 36.1 Å². The van der Waals surface area contributed by atoms with Crippen molar-refractivity contribution >= 4 is 28.8 Å². The van der Waals surface area contributed by atoms with E-state index in [4.69, 9.17) is 0 Å². The molecule has 0 bridgehead atoms. The molecule has 2 aromatic carbocycles. The average Bonchev–Trinajstić information content (AvgIpc) is 2.72. The molecule has 0 atom stereocenters. The predicted octanol–water partition coefficient (Wildman–Crippen LogP) is 5.57. The zero-order valence-corrected chi connectivity index (χ0v) is 16.6. The van der Waals surface area contributed by atoms with Crippen molar-refractivity contribution in [3.63, 3.8) is 0 Å². The zero-order chi connectivity index (χ0) is 19.3. The summed E-state index contributed by atoms with van der Waals surface area (Å²) in [5.74, 6) is 1.36. The molecule has 0 amide bonds. The maximum atomic E-state index is 4.61. The molecule has 2 N–H and O–H groups in total. The minimum atomic E-state index is 0.590. The van der Waals surface area contributed by atoms with Crippen LogP contribution in [0.4, 0.5) is 28.8 Å². The third-order valence-electron chi connectivity index (χ3n) is 5.23. The van der Waals surface area contributed by atoms with Crippen molar-refractivity contribution in [3.05, 3.63) is 65.9 Å². The van der Waals surface area contributed by atoms with E-state index in [0.29, 0.717) is 5.95 Å². The van der Waals surface area contributed by atoms with Crippen molar-refractivity contribution in [3.8, 4) is 0 Å². The number of rotatable bonds is 5. The highest BCUT2D eigenvalue weighted by molar-refractivity contribution is 5.65. The lowest BCUT2D eigenvalue weighted by Crippen LogP contribution is -2.29. The second-order valence-electron chi connectivity index (χ2n) is 7.38. The molecular formula is C23H27N5. The van der Waals surface area contributed by atoms with Crippen molar-refractivity contribution < 1.29 is 0 Å². The fourth-order valence-corrected chi connectivity index (χ4v) is 3.67. The van der Waals surface area contributed by atoms with Gasteiger partial charge in [0.25, 0.3) is 0 Å². The van der Waals surface area contributed by atoms with Crippen molar-refractivity contribution in [2.75, 3.05) is 28.6 Å². The van der Waals surface area contributed by atoms with E-state index >= 15 is 0 Å². The maximum absolute atomic E-state index is 4.61. The van der Waals surface area contributed by atoms with E-state index in [1.54, 1.807) is 6.20 Å². The lowest BCUT2D eigenvalue weighted by Gasteiger charge is -2.28. The number of benzene rings is 2. The van der Waals surface area contributed by atoms with Gasteiger partial charge in [0.1, 0.15) is 5.82 Å². The number of hydrogen-bond acceptors (Lipinski definition) is 5. The maximum Gasteiger partial charge on any atom is 0.229 e. The number of piperidine rings is 1. The van der Waals surface area contributed by atoms with Gasteiger partial charge in [0, 0.05) is 36.3 Å². The highest BCUT2D eigenvalue weighted by Gasteiger charge is 2.11. The van der Waals surface area contributed by atoms with Gasteiger partial charge in [-0.05, 0) is 74.6 Å².